The fourth-order valence-electron chi connectivity index (χ4n) is 5.45. The van der Waals surface area contributed by atoms with Gasteiger partial charge in [-0.2, -0.15) is 0 Å². The molecule has 2 fully saturated rings. The molecule has 2 aromatic carbocycles. The summed E-state index contributed by atoms with van der Waals surface area (Å²) in [6, 6.07) is 13.3. The lowest BCUT2D eigenvalue weighted by Crippen LogP contribution is -2.35. The van der Waals surface area contributed by atoms with Crippen molar-refractivity contribution in [3.8, 4) is 5.75 Å². The highest BCUT2D eigenvalue weighted by Gasteiger charge is 2.34. The monoisotopic (exact) mass is 579 g/mol. The lowest BCUT2D eigenvalue weighted by molar-refractivity contribution is -0.180. The number of nitrogens with zero attached hydrogens (tertiary/aromatic N) is 2. The van der Waals surface area contributed by atoms with Crippen molar-refractivity contribution in [2.45, 2.75) is 77.3 Å². The van der Waals surface area contributed by atoms with Crippen LogP contribution in [0, 0.1) is 0 Å². The van der Waals surface area contributed by atoms with E-state index in [-0.39, 0.29) is 30.7 Å². The third-order valence-electron chi connectivity index (χ3n) is 7.76. The fourth-order valence-corrected chi connectivity index (χ4v) is 5.45. The van der Waals surface area contributed by atoms with Crippen molar-refractivity contribution < 1.29 is 33.3 Å². The minimum absolute atomic E-state index is 0.0723. The number of carbonyl (C=O) groups excluding carboxylic acids is 3. The molecule has 0 radical (unpaired) electrons. The number of hydrogen-bond acceptors (Lipinski definition) is 7. The van der Waals surface area contributed by atoms with E-state index in [1.165, 1.54) is 4.90 Å². The van der Waals surface area contributed by atoms with Crippen molar-refractivity contribution >= 4 is 23.7 Å². The smallest absolute Gasteiger partial charge is 0.410 e. The van der Waals surface area contributed by atoms with Gasteiger partial charge in [0.2, 0.25) is 11.7 Å². The van der Waals surface area contributed by atoms with E-state index in [4.69, 9.17) is 18.9 Å². The predicted octanol–water partition coefficient (Wildman–Crippen LogP) is 5.48. The zero-order valence-corrected chi connectivity index (χ0v) is 24.6. The summed E-state index contributed by atoms with van der Waals surface area (Å²) in [6.45, 7) is 7.06. The normalized spacial score (nSPS) is 19.5. The number of unbranched alkanes of at least 4 members (excludes halogenated alkanes) is 4. The van der Waals surface area contributed by atoms with Gasteiger partial charge in [-0.15, -0.1) is 0 Å². The first kappa shape index (κ1) is 29.8. The van der Waals surface area contributed by atoms with Crippen LogP contribution < -0.4 is 15.0 Å². The number of aryl methyl sites for hydroxylation is 1. The zero-order valence-electron chi connectivity index (χ0n) is 24.6. The summed E-state index contributed by atoms with van der Waals surface area (Å²) in [5, 5.41) is 2.31. The van der Waals surface area contributed by atoms with Gasteiger partial charge in [-0.1, -0.05) is 31.0 Å². The first-order chi connectivity index (χ1) is 20.3. The average Bonchev–Trinajstić information content (AvgIpc) is 3.51. The van der Waals surface area contributed by atoms with E-state index in [0.717, 1.165) is 86.3 Å². The van der Waals surface area contributed by atoms with Crippen LogP contribution in [0.2, 0.25) is 0 Å². The Kier molecular flexibility index (Phi) is 9.64. The molecule has 3 aliphatic rings. The average molecular weight is 580 g/mol. The minimum atomic E-state index is -0.632. The van der Waals surface area contributed by atoms with Crippen molar-refractivity contribution in [3.63, 3.8) is 0 Å². The van der Waals surface area contributed by atoms with Gasteiger partial charge >= 0.3 is 12.1 Å². The molecule has 4 amide bonds. The Balaban J connectivity index is 0.903. The Labute approximate surface area is 247 Å². The standard InChI is InChI=1S/C32H41N3O7/c1-32(2)40-22-25-19-24(13-14-27(25)42-32)28-20-34(31(38)41-28)15-6-3-4-7-16-39-17-8-5-10-23-11-9-12-26(18-23)35-21-29(36)33-30(35)37/h9,11-14,18-19,28H,3-8,10,15-17,20-22H2,1-2H3,(H,33,36,37)/t28-/m0/s1. The molecule has 2 saturated heterocycles. The van der Waals surface area contributed by atoms with Crippen LogP contribution in [0.5, 0.6) is 5.75 Å². The number of cyclic esters (lactones) is 1. The maximum absolute atomic E-state index is 12.4. The predicted molar refractivity (Wildman–Crippen MR) is 156 cm³/mol. The first-order valence-corrected chi connectivity index (χ1v) is 15.0. The molecule has 10 nitrogen and oxygen atoms in total. The van der Waals surface area contributed by atoms with Crippen molar-refractivity contribution in [3.05, 3.63) is 59.2 Å². The van der Waals surface area contributed by atoms with Crippen LogP contribution in [-0.2, 0) is 32.0 Å². The topological polar surface area (TPSA) is 107 Å². The Bertz CT molecular complexity index is 1280. The van der Waals surface area contributed by atoms with Gasteiger partial charge in [-0.05, 0) is 67.5 Å². The van der Waals surface area contributed by atoms with Gasteiger partial charge in [-0.25, -0.2) is 9.59 Å². The second-order valence-electron chi connectivity index (χ2n) is 11.6. The molecule has 0 saturated carbocycles. The van der Waals surface area contributed by atoms with Gasteiger partial charge in [0.1, 0.15) is 18.4 Å². The van der Waals surface area contributed by atoms with E-state index >= 15 is 0 Å². The summed E-state index contributed by atoms with van der Waals surface area (Å²) in [5.74, 6) is -0.0877. The number of fused-ring (bicyclic) bond motifs is 1. The molecule has 0 spiro atoms. The van der Waals surface area contributed by atoms with E-state index in [9.17, 15) is 14.4 Å². The number of carbonyl (C=O) groups is 3. The summed E-state index contributed by atoms with van der Waals surface area (Å²) in [4.78, 5) is 39.0. The van der Waals surface area contributed by atoms with Crippen LogP contribution in [0.4, 0.5) is 15.3 Å². The molecule has 2 aromatic rings. The quantitative estimate of drug-likeness (QED) is 0.233. The SMILES string of the molecule is CC1(C)OCc2cc([C@@H]3CN(CCCCCCOCCCCc4cccc(N5CC(=O)NC5=O)c4)C(=O)O3)ccc2O1. The number of rotatable bonds is 14. The Morgan fingerprint density at radius 2 is 1.79 bits per heavy atom. The largest absolute Gasteiger partial charge is 0.463 e. The summed E-state index contributed by atoms with van der Waals surface area (Å²) < 4.78 is 23.1. The summed E-state index contributed by atoms with van der Waals surface area (Å²) >= 11 is 0. The van der Waals surface area contributed by atoms with Crippen LogP contribution >= 0.6 is 0 Å². The number of amides is 4. The molecule has 5 rings (SSSR count). The number of hydrogen-bond donors (Lipinski definition) is 1. The second kappa shape index (κ2) is 13.6. The van der Waals surface area contributed by atoms with E-state index < -0.39 is 5.79 Å². The Hall–Kier alpha value is -3.63. The van der Waals surface area contributed by atoms with Crippen LogP contribution in [-0.4, -0.2) is 61.6 Å². The molecule has 3 heterocycles. The van der Waals surface area contributed by atoms with Gasteiger partial charge in [-0.3, -0.25) is 15.0 Å². The van der Waals surface area contributed by atoms with Crippen molar-refractivity contribution in [1.82, 2.24) is 10.2 Å². The number of nitrogens with one attached hydrogen (secondary N) is 1. The van der Waals surface area contributed by atoms with Gasteiger partial charge in [0.25, 0.3) is 0 Å². The Morgan fingerprint density at radius 3 is 2.60 bits per heavy atom. The highest BCUT2D eigenvalue weighted by Crippen LogP contribution is 2.35. The van der Waals surface area contributed by atoms with Crippen molar-refractivity contribution in [2.75, 3.05) is 37.7 Å². The number of benzene rings is 2. The summed E-state index contributed by atoms with van der Waals surface area (Å²) in [6.07, 6.45) is 6.38. The lowest BCUT2D eigenvalue weighted by Gasteiger charge is -2.32. The molecular weight excluding hydrogens is 538 g/mol. The molecular formula is C32H41N3O7. The first-order valence-electron chi connectivity index (χ1n) is 15.0. The van der Waals surface area contributed by atoms with Crippen molar-refractivity contribution in [2.24, 2.45) is 0 Å². The third kappa shape index (κ3) is 7.80. The van der Waals surface area contributed by atoms with Gasteiger partial charge in [0.15, 0.2) is 0 Å². The molecule has 0 bridgehead atoms. The Morgan fingerprint density at radius 1 is 0.976 bits per heavy atom. The molecule has 3 aliphatic heterocycles. The van der Waals surface area contributed by atoms with Crippen LogP contribution in [0.1, 0.15) is 75.2 Å². The van der Waals surface area contributed by atoms with Crippen LogP contribution in [0.25, 0.3) is 0 Å². The van der Waals surface area contributed by atoms with E-state index in [1.807, 2.05) is 56.3 Å². The second-order valence-corrected chi connectivity index (χ2v) is 11.6. The number of ether oxygens (including phenoxy) is 4. The maximum atomic E-state index is 12.4. The molecule has 0 aromatic heterocycles. The molecule has 42 heavy (non-hydrogen) atoms. The van der Waals surface area contributed by atoms with Crippen LogP contribution in [0.3, 0.4) is 0 Å². The fraction of sp³-hybridized carbons (Fsp3) is 0.531. The highest BCUT2D eigenvalue weighted by molar-refractivity contribution is 6.12. The van der Waals surface area contributed by atoms with Crippen LogP contribution in [0.15, 0.2) is 42.5 Å². The lowest BCUT2D eigenvalue weighted by atomic mass is 10.0. The molecule has 0 unspecified atom stereocenters. The number of imide groups is 1. The third-order valence-corrected chi connectivity index (χ3v) is 7.76. The molecule has 10 heteroatoms. The van der Waals surface area contributed by atoms with Crippen molar-refractivity contribution in [1.29, 1.82) is 0 Å². The molecule has 0 aliphatic carbocycles. The maximum Gasteiger partial charge on any atom is 0.410 e. The zero-order chi connectivity index (χ0) is 29.5. The number of urea groups is 1. The summed E-state index contributed by atoms with van der Waals surface area (Å²) in [5.41, 5.74) is 3.83. The van der Waals surface area contributed by atoms with E-state index in [1.54, 1.807) is 4.90 Å². The summed E-state index contributed by atoms with van der Waals surface area (Å²) in [7, 11) is 0. The van der Waals surface area contributed by atoms with E-state index in [2.05, 4.69) is 5.32 Å². The van der Waals surface area contributed by atoms with Gasteiger partial charge in [0.05, 0.1) is 13.2 Å². The number of anilines is 1. The highest BCUT2D eigenvalue weighted by atomic mass is 16.7. The minimum Gasteiger partial charge on any atom is -0.463 e. The van der Waals surface area contributed by atoms with Gasteiger partial charge < -0.3 is 23.8 Å². The van der Waals surface area contributed by atoms with Gasteiger partial charge in [0, 0.05) is 44.9 Å². The van der Waals surface area contributed by atoms with E-state index in [0.29, 0.717) is 19.7 Å². The molecule has 226 valence electrons. The molecule has 1 N–H and O–H groups in total. The molecule has 1 atom stereocenters.